The molecule has 3 amide bonds. The maximum absolute atomic E-state index is 12.9. The topological polar surface area (TPSA) is 107 Å². The maximum Gasteiger partial charge on any atom is 0.416 e. The highest BCUT2D eigenvalue weighted by atomic mass is 19.4. The summed E-state index contributed by atoms with van der Waals surface area (Å²) in [5, 5.41) is 14.4. The van der Waals surface area contributed by atoms with Crippen LogP contribution in [0.25, 0.3) is 22.3 Å². The lowest BCUT2D eigenvalue weighted by Gasteiger charge is -2.21. The Bertz CT molecular complexity index is 2160. The number of aromatic nitrogens is 1. The van der Waals surface area contributed by atoms with Crippen molar-refractivity contribution in [2.75, 3.05) is 13.7 Å². The summed E-state index contributed by atoms with van der Waals surface area (Å²) in [5.41, 5.74) is -0.498. The molecule has 2 N–H and O–H groups in total. The van der Waals surface area contributed by atoms with Gasteiger partial charge in [-0.25, -0.2) is 9.78 Å². The zero-order valence-corrected chi connectivity index (χ0v) is 31.6. The predicted molar refractivity (Wildman–Crippen MR) is 195 cm³/mol. The number of urea groups is 1. The smallest absolute Gasteiger partial charge is 0.416 e. The number of halogens is 9. The predicted octanol–water partition coefficient (Wildman–Crippen LogP) is 10.5. The molecule has 17 heteroatoms. The van der Waals surface area contributed by atoms with E-state index >= 15 is 0 Å². The van der Waals surface area contributed by atoms with E-state index in [4.69, 9.17) is 4.74 Å². The highest BCUT2D eigenvalue weighted by Gasteiger charge is 2.46. The van der Waals surface area contributed by atoms with Crippen LogP contribution in [0.5, 0.6) is 5.88 Å². The van der Waals surface area contributed by atoms with Gasteiger partial charge in [-0.15, -0.1) is 0 Å². The van der Waals surface area contributed by atoms with Crippen molar-refractivity contribution in [2.45, 2.75) is 82.6 Å². The first-order chi connectivity index (χ1) is 27.2. The van der Waals surface area contributed by atoms with Crippen LogP contribution in [0.4, 0.5) is 44.3 Å². The van der Waals surface area contributed by atoms with Crippen molar-refractivity contribution in [1.82, 2.24) is 20.5 Å². The van der Waals surface area contributed by atoms with E-state index in [2.05, 4.69) is 21.7 Å². The Kier molecular flexibility index (Phi) is 12.4. The van der Waals surface area contributed by atoms with Gasteiger partial charge in [-0.3, -0.25) is 4.79 Å². The Morgan fingerprint density at radius 2 is 1.47 bits per heavy atom. The number of benzene rings is 3. The average molecular weight is 820 g/mol. The standard InChI is InChI=1S/C25H20F3N3O2.C14H12F6N2O.C2H6/c1-15-11-17(22(32)31-24(14-29)9-10-24)5-8-20(15)18-12-21(23(33-2)30-13-18)16-3-6-19(7-4-16)25(26,27)28;15-13(16,17)8-4-7(5-9(6-8)14(18,19)20)11-10-2-1-3-22(10)12(23)21-11;1-2/h3-8,11-13H,9-10H2,1-2H3,(H,31,32);4-6,10-11H,1-3H2,(H,21,23);1-2H3. The lowest BCUT2D eigenvalue weighted by molar-refractivity contribution is -0.143. The molecule has 1 aliphatic carbocycles. The number of fused-ring (bicyclic) bond motifs is 1. The second-order valence-corrected chi connectivity index (χ2v) is 13.7. The number of nitrogens with zero attached hydrogens (tertiary/aromatic N) is 3. The molecule has 58 heavy (non-hydrogen) atoms. The third-order valence-electron chi connectivity index (χ3n) is 9.88. The summed E-state index contributed by atoms with van der Waals surface area (Å²) in [6, 6.07) is 13.7. The van der Waals surface area contributed by atoms with Gasteiger partial charge in [0.15, 0.2) is 0 Å². The third-order valence-corrected chi connectivity index (χ3v) is 9.88. The van der Waals surface area contributed by atoms with Crippen LogP contribution >= 0.6 is 0 Å². The van der Waals surface area contributed by atoms with Crippen molar-refractivity contribution >= 4 is 11.9 Å². The van der Waals surface area contributed by atoms with Crippen LogP contribution in [0.2, 0.25) is 0 Å². The van der Waals surface area contributed by atoms with E-state index in [-0.39, 0.29) is 17.5 Å². The number of rotatable bonds is 6. The molecule has 2 unspecified atom stereocenters. The minimum atomic E-state index is -4.89. The van der Waals surface area contributed by atoms with Crippen LogP contribution in [0.3, 0.4) is 0 Å². The molecule has 0 spiro atoms. The van der Waals surface area contributed by atoms with E-state index in [1.54, 1.807) is 30.5 Å². The molecule has 1 saturated carbocycles. The molecule has 1 aromatic heterocycles. The van der Waals surface area contributed by atoms with Gasteiger partial charge in [0.1, 0.15) is 5.54 Å². The number of hydrogen-bond acceptors (Lipinski definition) is 5. The van der Waals surface area contributed by atoms with Gasteiger partial charge in [0.05, 0.1) is 42.0 Å². The molecule has 0 bridgehead atoms. The van der Waals surface area contributed by atoms with Gasteiger partial charge in [-0.05, 0) is 103 Å². The second kappa shape index (κ2) is 16.6. The highest BCUT2D eigenvalue weighted by molar-refractivity contribution is 5.96. The summed E-state index contributed by atoms with van der Waals surface area (Å²) in [6.07, 6.45) is -10.1. The normalized spacial score (nSPS) is 18.1. The van der Waals surface area contributed by atoms with E-state index in [1.165, 1.54) is 24.1 Å². The molecule has 3 aliphatic rings. The summed E-state index contributed by atoms with van der Waals surface area (Å²) in [5.74, 6) is -0.0135. The zero-order valence-electron chi connectivity index (χ0n) is 31.6. The molecular weight excluding hydrogens is 781 g/mol. The van der Waals surface area contributed by atoms with Crippen molar-refractivity contribution in [3.05, 3.63) is 106 Å². The number of alkyl halides is 9. The molecular formula is C41H38F9N5O3. The number of pyridine rings is 1. The van der Waals surface area contributed by atoms with Crippen molar-refractivity contribution < 1.29 is 53.8 Å². The second-order valence-electron chi connectivity index (χ2n) is 13.7. The van der Waals surface area contributed by atoms with Crippen molar-refractivity contribution in [3.8, 4) is 34.2 Å². The summed E-state index contributed by atoms with van der Waals surface area (Å²) < 4.78 is 121. The number of hydrogen-bond donors (Lipinski definition) is 2. The first-order valence-corrected chi connectivity index (χ1v) is 18.2. The minimum Gasteiger partial charge on any atom is -0.481 e. The van der Waals surface area contributed by atoms with Crippen LogP contribution in [0.15, 0.2) is 72.9 Å². The Balaban J connectivity index is 0.000000224. The van der Waals surface area contributed by atoms with Crippen LogP contribution in [-0.2, 0) is 18.5 Å². The number of nitrogens with one attached hydrogen (secondary N) is 2. The molecule has 2 aliphatic heterocycles. The number of carbonyl (C=O) groups excluding carboxylic acids is 2. The molecule has 2 saturated heterocycles. The van der Waals surface area contributed by atoms with Crippen LogP contribution < -0.4 is 15.4 Å². The largest absolute Gasteiger partial charge is 0.481 e. The average Bonchev–Trinajstić information content (AvgIpc) is 3.65. The Hall–Kier alpha value is -5.79. The Morgan fingerprint density at radius 3 is 1.98 bits per heavy atom. The lowest BCUT2D eigenvalue weighted by atomic mass is 9.95. The van der Waals surface area contributed by atoms with Gasteiger partial charge in [0.2, 0.25) is 5.88 Å². The quantitative estimate of drug-likeness (QED) is 0.188. The molecule has 308 valence electrons. The summed E-state index contributed by atoms with van der Waals surface area (Å²) in [7, 11) is 1.45. The van der Waals surface area contributed by atoms with E-state index < -0.39 is 58.9 Å². The van der Waals surface area contributed by atoms with Crippen LogP contribution in [0.1, 0.15) is 83.7 Å². The van der Waals surface area contributed by atoms with E-state index in [1.807, 2.05) is 20.8 Å². The fourth-order valence-electron chi connectivity index (χ4n) is 6.78. The number of methoxy groups -OCH3 is 1. The summed E-state index contributed by atoms with van der Waals surface area (Å²) in [6.45, 7) is 6.31. The fourth-order valence-corrected chi connectivity index (χ4v) is 6.78. The van der Waals surface area contributed by atoms with Gasteiger partial charge >= 0.3 is 24.6 Å². The maximum atomic E-state index is 12.9. The molecule has 2 atom stereocenters. The molecule has 0 radical (unpaired) electrons. The van der Waals surface area contributed by atoms with Gasteiger partial charge in [-0.1, -0.05) is 32.0 Å². The Labute approximate surface area is 328 Å². The molecule has 3 heterocycles. The minimum absolute atomic E-state index is 0.0900. The SMILES string of the molecule is CC.COc1ncc(-c2ccc(C(=O)NC3(C#N)CC3)cc2C)cc1-c1ccc(C(F)(F)F)cc1.O=C1NC(c2cc(C(F)(F)F)cc(C(F)(F)F)c2)C2CCCN12. The van der Waals surface area contributed by atoms with Gasteiger partial charge in [0.25, 0.3) is 5.91 Å². The monoisotopic (exact) mass is 819 g/mol. The van der Waals surface area contributed by atoms with E-state index in [0.717, 1.165) is 28.8 Å². The molecule has 3 aromatic carbocycles. The molecule has 4 aromatic rings. The third kappa shape index (κ3) is 9.49. The zero-order chi connectivity index (χ0) is 42.8. The summed E-state index contributed by atoms with van der Waals surface area (Å²) >= 11 is 0. The number of ether oxygens (including phenoxy) is 1. The van der Waals surface area contributed by atoms with E-state index in [0.29, 0.717) is 66.9 Å². The number of nitriles is 1. The first-order valence-electron chi connectivity index (χ1n) is 18.2. The van der Waals surface area contributed by atoms with Gasteiger partial charge in [0, 0.05) is 29.4 Å². The summed E-state index contributed by atoms with van der Waals surface area (Å²) in [4.78, 5) is 30.1. The number of amides is 3. The highest BCUT2D eigenvalue weighted by Crippen LogP contribution is 2.42. The number of aryl methyl sites for hydroxylation is 1. The van der Waals surface area contributed by atoms with Crippen molar-refractivity contribution in [1.29, 1.82) is 5.26 Å². The molecule has 7 rings (SSSR count). The van der Waals surface area contributed by atoms with Gasteiger partial charge in [-0.2, -0.15) is 44.8 Å². The van der Waals surface area contributed by atoms with Crippen molar-refractivity contribution in [2.24, 2.45) is 0 Å². The van der Waals surface area contributed by atoms with Gasteiger partial charge < -0.3 is 20.3 Å². The first kappa shape index (κ1) is 43.3. The lowest BCUT2D eigenvalue weighted by Crippen LogP contribution is -2.35. The molecule has 8 nitrogen and oxygen atoms in total. The van der Waals surface area contributed by atoms with Crippen molar-refractivity contribution in [3.63, 3.8) is 0 Å². The fraction of sp³-hybridized carbons (Fsp3) is 0.366. The van der Waals surface area contributed by atoms with Crippen LogP contribution in [-0.4, -0.2) is 47.1 Å². The molecule has 3 fully saturated rings. The van der Waals surface area contributed by atoms with Crippen LogP contribution in [0, 0.1) is 18.3 Å². The van der Waals surface area contributed by atoms with E-state index in [9.17, 15) is 54.4 Å². The number of carbonyl (C=O) groups is 2. The Morgan fingerprint density at radius 1 is 0.862 bits per heavy atom.